The molecule has 2 heteroatoms. The van der Waals surface area contributed by atoms with Gasteiger partial charge in [-0.25, -0.2) is 0 Å². The highest BCUT2D eigenvalue weighted by Gasteiger charge is 2.40. The SMILES string of the molecule is CCCC1(CNCc2ccccc2OC)CC1. The van der Waals surface area contributed by atoms with Crippen molar-refractivity contribution in [1.82, 2.24) is 5.32 Å². The minimum absolute atomic E-state index is 0.622. The standard InChI is InChI=1S/C15H23NO/c1-3-8-15(9-10-15)12-16-11-13-6-4-5-7-14(13)17-2/h4-7,16H,3,8-12H2,1-2H3. The number of benzene rings is 1. The van der Waals surface area contributed by atoms with Crippen molar-refractivity contribution >= 4 is 0 Å². The molecule has 1 N–H and O–H groups in total. The summed E-state index contributed by atoms with van der Waals surface area (Å²) in [5.41, 5.74) is 1.87. The van der Waals surface area contributed by atoms with Crippen molar-refractivity contribution in [3.63, 3.8) is 0 Å². The third-order valence-electron chi connectivity index (χ3n) is 3.75. The molecule has 94 valence electrons. The predicted octanol–water partition coefficient (Wildman–Crippen LogP) is 3.37. The number of rotatable bonds is 7. The highest BCUT2D eigenvalue weighted by molar-refractivity contribution is 5.32. The van der Waals surface area contributed by atoms with Gasteiger partial charge in [-0.15, -0.1) is 0 Å². The summed E-state index contributed by atoms with van der Waals surface area (Å²) in [5, 5.41) is 3.58. The quantitative estimate of drug-likeness (QED) is 0.779. The zero-order valence-electron chi connectivity index (χ0n) is 11.0. The highest BCUT2D eigenvalue weighted by atomic mass is 16.5. The maximum Gasteiger partial charge on any atom is 0.123 e. The third-order valence-corrected chi connectivity index (χ3v) is 3.75. The van der Waals surface area contributed by atoms with E-state index >= 15 is 0 Å². The van der Waals surface area contributed by atoms with Crippen molar-refractivity contribution in [2.75, 3.05) is 13.7 Å². The summed E-state index contributed by atoms with van der Waals surface area (Å²) in [4.78, 5) is 0. The second-order valence-electron chi connectivity index (χ2n) is 5.17. The second kappa shape index (κ2) is 5.54. The molecule has 2 rings (SSSR count). The van der Waals surface area contributed by atoms with Crippen LogP contribution in [0.1, 0.15) is 38.2 Å². The molecule has 0 aliphatic heterocycles. The Balaban J connectivity index is 1.82. The molecule has 1 fully saturated rings. The topological polar surface area (TPSA) is 21.3 Å². The molecule has 17 heavy (non-hydrogen) atoms. The van der Waals surface area contributed by atoms with Crippen molar-refractivity contribution in [3.8, 4) is 5.75 Å². The summed E-state index contributed by atoms with van der Waals surface area (Å²) in [7, 11) is 1.73. The van der Waals surface area contributed by atoms with Crippen molar-refractivity contribution in [2.24, 2.45) is 5.41 Å². The van der Waals surface area contributed by atoms with E-state index in [4.69, 9.17) is 4.74 Å². The van der Waals surface area contributed by atoms with Crippen LogP contribution in [0.2, 0.25) is 0 Å². The minimum Gasteiger partial charge on any atom is -0.496 e. The van der Waals surface area contributed by atoms with Crippen LogP contribution in [0.3, 0.4) is 0 Å². The monoisotopic (exact) mass is 233 g/mol. The summed E-state index contributed by atoms with van der Waals surface area (Å²) in [6.07, 6.45) is 5.47. The molecule has 1 aromatic rings. The number of hydrogen-bond acceptors (Lipinski definition) is 2. The van der Waals surface area contributed by atoms with Crippen molar-refractivity contribution in [3.05, 3.63) is 29.8 Å². The molecule has 0 aromatic heterocycles. The lowest BCUT2D eigenvalue weighted by Gasteiger charge is -2.15. The van der Waals surface area contributed by atoms with E-state index in [-0.39, 0.29) is 0 Å². The van der Waals surface area contributed by atoms with E-state index in [1.807, 2.05) is 12.1 Å². The summed E-state index contributed by atoms with van der Waals surface area (Å²) in [6, 6.07) is 8.24. The lowest BCUT2D eigenvalue weighted by molar-refractivity contribution is 0.397. The first-order chi connectivity index (χ1) is 8.29. The maximum absolute atomic E-state index is 5.35. The first-order valence-corrected chi connectivity index (χ1v) is 6.62. The fraction of sp³-hybridized carbons (Fsp3) is 0.600. The van der Waals surface area contributed by atoms with Crippen LogP contribution in [0, 0.1) is 5.41 Å². The summed E-state index contributed by atoms with van der Waals surface area (Å²) >= 11 is 0. The molecule has 0 radical (unpaired) electrons. The van der Waals surface area contributed by atoms with Crippen LogP contribution in [0.4, 0.5) is 0 Å². The van der Waals surface area contributed by atoms with E-state index in [0.29, 0.717) is 5.41 Å². The Hall–Kier alpha value is -1.02. The molecular weight excluding hydrogens is 210 g/mol. The second-order valence-corrected chi connectivity index (χ2v) is 5.17. The third kappa shape index (κ3) is 3.22. The van der Waals surface area contributed by atoms with Gasteiger partial charge < -0.3 is 10.1 Å². The number of ether oxygens (including phenoxy) is 1. The molecule has 0 heterocycles. The molecular formula is C15H23NO. The van der Waals surface area contributed by atoms with Crippen LogP contribution < -0.4 is 10.1 Å². The molecule has 0 bridgehead atoms. The first kappa shape index (κ1) is 12.4. The van der Waals surface area contributed by atoms with Crippen molar-refractivity contribution in [1.29, 1.82) is 0 Å². The van der Waals surface area contributed by atoms with E-state index < -0.39 is 0 Å². The zero-order valence-corrected chi connectivity index (χ0v) is 11.0. The fourth-order valence-electron chi connectivity index (χ4n) is 2.53. The average molecular weight is 233 g/mol. The van der Waals surface area contributed by atoms with E-state index in [1.54, 1.807) is 7.11 Å². The lowest BCUT2D eigenvalue weighted by Crippen LogP contribution is -2.23. The van der Waals surface area contributed by atoms with Crippen LogP contribution in [0.25, 0.3) is 0 Å². The largest absolute Gasteiger partial charge is 0.496 e. The van der Waals surface area contributed by atoms with Gasteiger partial charge in [-0.3, -0.25) is 0 Å². The Morgan fingerprint density at radius 2 is 2.06 bits per heavy atom. The first-order valence-electron chi connectivity index (χ1n) is 6.62. The zero-order chi connectivity index (χ0) is 12.1. The fourth-order valence-corrected chi connectivity index (χ4v) is 2.53. The molecule has 0 spiro atoms. The average Bonchev–Trinajstić information content (AvgIpc) is 3.10. The van der Waals surface area contributed by atoms with Gasteiger partial charge in [-0.2, -0.15) is 0 Å². The van der Waals surface area contributed by atoms with Crippen molar-refractivity contribution < 1.29 is 4.74 Å². The molecule has 1 aliphatic rings. The van der Waals surface area contributed by atoms with E-state index in [2.05, 4.69) is 24.4 Å². The van der Waals surface area contributed by atoms with Gasteiger partial charge >= 0.3 is 0 Å². The van der Waals surface area contributed by atoms with Gasteiger partial charge in [0.25, 0.3) is 0 Å². The molecule has 0 atom stereocenters. The Morgan fingerprint density at radius 3 is 2.71 bits per heavy atom. The number of nitrogens with one attached hydrogen (secondary N) is 1. The van der Waals surface area contributed by atoms with Crippen LogP contribution in [0.5, 0.6) is 5.75 Å². The normalized spacial score (nSPS) is 16.8. The predicted molar refractivity (Wildman–Crippen MR) is 71.3 cm³/mol. The molecule has 2 nitrogen and oxygen atoms in total. The molecule has 1 aliphatic carbocycles. The van der Waals surface area contributed by atoms with Crippen LogP contribution in [-0.2, 0) is 6.54 Å². The van der Waals surface area contributed by atoms with Gasteiger partial charge in [0, 0.05) is 18.7 Å². The maximum atomic E-state index is 5.35. The molecule has 1 aromatic carbocycles. The molecule has 1 saturated carbocycles. The van der Waals surface area contributed by atoms with Gasteiger partial charge in [0.2, 0.25) is 0 Å². The Bertz CT molecular complexity index is 358. The van der Waals surface area contributed by atoms with Gasteiger partial charge in [0.05, 0.1) is 7.11 Å². The Morgan fingerprint density at radius 1 is 1.29 bits per heavy atom. The number of hydrogen-bond donors (Lipinski definition) is 1. The van der Waals surface area contributed by atoms with Crippen LogP contribution >= 0.6 is 0 Å². The van der Waals surface area contributed by atoms with Crippen LogP contribution in [-0.4, -0.2) is 13.7 Å². The number of para-hydroxylation sites is 1. The molecule has 0 amide bonds. The van der Waals surface area contributed by atoms with Crippen LogP contribution in [0.15, 0.2) is 24.3 Å². The number of methoxy groups -OCH3 is 1. The van der Waals surface area contributed by atoms with E-state index in [9.17, 15) is 0 Å². The van der Waals surface area contributed by atoms with E-state index in [1.165, 1.54) is 31.2 Å². The lowest BCUT2D eigenvalue weighted by atomic mass is 10.0. The summed E-state index contributed by atoms with van der Waals surface area (Å²) in [5.74, 6) is 0.986. The summed E-state index contributed by atoms with van der Waals surface area (Å²) in [6.45, 7) is 4.34. The van der Waals surface area contributed by atoms with E-state index in [0.717, 1.165) is 18.8 Å². The van der Waals surface area contributed by atoms with Gasteiger partial charge in [0.1, 0.15) is 5.75 Å². The highest BCUT2D eigenvalue weighted by Crippen LogP contribution is 2.48. The minimum atomic E-state index is 0.622. The Labute approximate surface area is 104 Å². The summed E-state index contributed by atoms with van der Waals surface area (Å²) < 4.78 is 5.35. The van der Waals surface area contributed by atoms with Gasteiger partial charge in [-0.1, -0.05) is 31.5 Å². The van der Waals surface area contributed by atoms with Gasteiger partial charge in [-0.05, 0) is 30.7 Å². The Kier molecular flexibility index (Phi) is 4.06. The molecule has 0 saturated heterocycles. The van der Waals surface area contributed by atoms with Crippen molar-refractivity contribution in [2.45, 2.75) is 39.2 Å². The smallest absolute Gasteiger partial charge is 0.123 e. The molecule has 0 unspecified atom stereocenters. The van der Waals surface area contributed by atoms with Gasteiger partial charge in [0.15, 0.2) is 0 Å².